The standard InChI is InChI=1S/C26H30FN3O5S/c1-17-6-7-18(14-21(17)27)15-28-23(31)20-8-9-22-25(33)29(12-13-30(22)24(20)32)16-26(10-11-26)36(34,35)19-4-2-3-5-19/h6-9,14,19H,2-5,10-13,15-16H2,1H3,(H,28,31). The lowest BCUT2D eigenvalue weighted by Crippen LogP contribution is -2.50. The van der Waals surface area contributed by atoms with Crippen molar-refractivity contribution in [2.24, 2.45) is 0 Å². The van der Waals surface area contributed by atoms with Gasteiger partial charge in [-0.1, -0.05) is 25.0 Å². The molecule has 10 heteroatoms. The number of fused-ring (bicyclic) bond motifs is 1. The number of halogens is 1. The third-order valence-corrected chi connectivity index (χ3v) is 10.9. The molecule has 192 valence electrons. The fourth-order valence-corrected chi connectivity index (χ4v) is 8.06. The van der Waals surface area contributed by atoms with E-state index in [0.717, 1.165) is 12.8 Å². The molecule has 2 fully saturated rings. The maximum atomic E-state index is 13.8. The minimum atomic E-state index is -3.33. The Balaban J connectivity index is 1.30. The van der Waals surface area contributed by atoms with Gasteiger partial charge in [0.1, 0.15) is 17.1 Å². The predicted octanol–water partition coefficient (Wildman–Crippen LogP) is 2.57. The molecule has 2 heterocycles. The maximum Gasteiger partial charge on any atom is 0.270 e. The zero-order chi connectivity index (χ0) is 25.7. The molecule has 0 bridgehead atoms. The van der Waals surface area contributed by atoms with E-state index in [1.165, 1.54) is 22.8 Å². The molecule has 2 saturated carbocycles. The lowest BCUT2D eigenvalue weighted by atomic mass is 10.1. The summed E-state index contributed by atoms with van der Waals surface area (Å²) in [6, 6.07) is 7.42. The van der Waals surface area contributed by atoms with Gasteiger partial charge in [0, 0.05) is 26.2 Å². The van der Waals surface area contributed by atoms with E-state index in [1.54, 1.807) is 24.0 Å². The van der Waals surface area contributed by atoms with Crippen LogP contribution < -0.4 is 10.9 Å². The van der Waals surface area contributed by atoms with Crippen molar-refractivity contribution < 1.29 is 22.4 Å². The van der Waals surface area contributed by atoms with Crippen molar-refractivity contribution in [3.63, 3.8) is 0 Å². The van der Waals surface area contributed by atoms with Crippen LogP contribution in [0.2, 0.25) is 0 Å². The average molecular weight is 516 g/mol. The Morgan fingerprint density at radius 2 is 1.83 bits per heavy atom. The van der Waals surface area contributed by atoms with Crippen LogP contribution in [0.25, 0.3) is 0 Å². The van der Waals surface area contributed by atoms with Gasteiger partial charge >= 0.3 is 0 Å². The summed E-state index contributed by atoms with van der Waals surface area (Å²) in [5.41, 5.74) is 0.540. The van der Waals surface area contributed by atoms with Gasteiger partial charge in [0.15, 0.2) is 9.84 Å². The zero-order valence-corrected chi connectivity index (χ0v) is 21.1. The number of hydrogen-bond donors (Lipinski definition) is 1. The van der Waals surface area contributed by atoms with Crippen LogP contribution in [0, 0.1) is 12.7 Å². The number of aromatic nitrogens is 1. The third-order valence-electron chi connectivity index (χ3n) is 7.84. The smallest absolute Gasteiger partial charge is 0.270 e. The fraction of sp³-hybridized carbons (Fsp3) is 0.500. The van der Waals surface area contributed by atoms with E-state index >= 15 is 0 Å². The second-order valence-corrected chi connectivity index (χ2v) is 12.8. The second-order valence-electron chi connectivity index (χ2n) is 10.2. The number of nitrogens with zero attached hydrogens (tertiary/aromatic N) is 2. The molecular weight excluding hydrogens is 485 g/mol. The molecule has 1 N–H and O–H groups in total. The molecule has 3 aliphatic rings. The summed E-state index contributed by atoms with van der Waals surface area (Å²) in [7, 11) is -3.33. The normalized spacial score (nSPS) is 19.3. The minimum absolute atomic E-state index is 0.0570. The van der Waals surface area contributed by atoms with Crippen LogP contribution in [0.1, 0.15) is 70.5 Å². The lowest BCUT2D eigenvalue weighted by Gasteiger charge is -2.33. The lowest BCUT2D eigenvalue weighted by molar-refractivity contribution is 0.0694. The van der Waals surface area contributed by atoms with Gasteiger partial charge in [0.05, 0.1) is 10.00 Å². The van der Waals surface area contributed by atoms with Crippen molar-refractivity contribution in [3.05, 3.63) is 68.9 Å². The van der Waals surface area contributed by atoms with E-state index in [0.29, 0.717) is 36.8 Å². The molecule has 0 radical (unpaired) electrons. The van der Waals surface area contributed by atoms with Crippen LogP contribution >= 0.6 is 0 Å². The number of amides is 2. The number of hydrogen-bond acceptors (Lipinski definition) is 5. The number of aryl methyl sites for hydroxylation is 1. The van der Waals surface area contributed by atoms with Crippen LogP contribution in [-0.4, -0.2) is 52.8 Å². The molecule has 36 heavy (non-hydrogen) atoms. The number of carbonyl (C=O) groups excluding carboxylic acids is 2. The fourth-order valence-electron chi connectivity index (χ4n) is 5.39. The summed E-state index contributed by atoms with van der Waals surface area (Å²) in [6.07, 6.45) is 4.37. The number of rotatable bonds is 7. The van der Waals surface area contributed by atoms with E-state index in [4.69, 9.17) is 0 Å². The predicted molar refractivity (Wildman–Crippen MR) is 132 cm³/mol. The van der Waals surface area contributed by atoms with Gasteiger partial charge in [0.2, 0.25) is 0 Å². The van der Waals surface area contributed by atoms with Crippen LogP contribution in [0.4, 0.5) is 4.39 Å². The first kappa shape index (κ1) is 24.7. The quantitative estimate of drug-likeness (QED) is 0.610. The van der Waals surface area contributed by atoms with Gasteiger partial charge in [-0.3, -0.25) is 14.4 Å². The number of pyridine rings is 1. The molecule has 0 saturated heterocycles. The first-order chi connectivity index (χ1) is 17.1. The average Bonchev–Trinajstić information content (AvgIpc) is 3.43. The summed E-state index contributed by atoms with van der Waals surface area (Å²) in [5, 5.41) is 2.32. The van der Waals surface area contributed by atoms with E-state index in [9.17, 15) is 27.2 Å². The van der Waals surface area contributed by atoms with Gasteiger partial charge < -0.3 is 14.8 Å². The zero-order valence-electron chi connectivity index (χ0n) is 20.3. The Morgan fingerprint density at radius 1 is 1.11 bits per heavy atom. The SMILES string of the molecule is Cc1ccc(CNC(=O)c2ccc3n(c2=O)CCN(CC2(S(=O)(=O)C4CCCC4)CC2)C3=O)cc1F. The molecular formula is C26H30FN3O5S. The topological polar surface area (TPSA) is 106 Å². The monoisotopic (exact) mass is 515 g/mol. The molecule has 2 amide bonds. The van der Waals surface area contributed by atoms with E-state index < -0.39 is 32.0 Å². The Hall–Kier alpha value is -3.01. The Labute approximate surface area is 209 Å². The van der Waals surface area contributed by atoms with Crippen molar-refractivity contribution in [1.82, 2.24) is 14.8 Å². The first-order valence-corrected chi connectivity index (χ1v) is 14.0. The van der Waals surface area contributed by atoms with Crippen molar-refractivity contribution in [1.29, 1.82) is 0 Å². The summed E-state index contributed by atoms with van der Waals surface area (Å²) >= 11 is 0. The highest BCUT2D eigenvalue weighted by Gasteiger charge is 2.58. The molecule has 2 aromatic rings. The molecule has 5 rings (SSSR count). The van der Waals surface area contributed by atoms with E-state index in [-0.39, 0.29) is 48.5 Å². The molecule has 8 nitrogen and oxygen atoms in total. The second kappa shape index (κ2) is 9.14. The molecule has 2 aliphatic carbocycles. The summed E-state index contributed by atoms with van der Waals surface area (Å²) < 4.78 is 40.7. The van der Waals surface area contributed by atoms with Gasteiger partial charge in [0.25, 0.3) is 17.4 Å². The van der Waals surface area contributed by atoms with Gasteiger partial charge in [-0.15, -0.1) is 0 Å². The van der Waals surface area contributed by atoms with Gasteiger partial charge in [-0.05, 0) is 61.9 Å². The third kappa shape index (κ3) is 4.25. The minimum Gasteiger partial charge on any atom is -0.348 e. The van der Waals surface area contributed by atoms with E-state index in [1.807, 2.05) is 0 Å². The molecule has 1 aromatic heterocycles. The molecule has 1 aromatic carbocycles. The number of carbonyl (C=O) groups is 2. The Bertz CT molecular complexity index is 1390. The Morgan fingerprint density at radius 3 is 2.50 bits per heavy atom. The summed E-state index contributed by atoms with van der Waals surface area (Å²) in [5.74, 6) is -1.37. The van der Waals surface area contributed by atoms with Crippen molar-refractivity contribution in [3.8, 4) is 0 Å². The molecule has 0 atom stereocenters. The van der Waals surface area contributed by atoms with Gasteiger partial charge in [-0.2, -0.15) is 0 Å². The van der Waals surface area contributed by atoms with Crippen LogP contribution in [-0.2, 0) is 22.9 Å². The van der Waals surface area contributed by atoms with Gasteiger partial charge in [-0.25, -0.2) is 12.8 Å². The van der Waals surface area contributed by atoms with E-state index in [2.05, 4.69) is 5.32 Å². The largest absolute Gasteiger partial charge is 0.348 e. The molecule has 1 aliphatic heterocycles. The first-order valence-electron chi connectivity index (χ1n) is 12.4. The summed E-state index contributed by atoms with van der Waals surface area (Å²) in [6.45, 7) is 2.24. The van der Waals surface area contributed by atoms with Crippen molar-refractivity contribution >= 4 is 21.7 Å². The highest BCUT2D eigenvalue weighted by Crippen LogP contribution is 2.48. The summed E-state index contributed by atoms with van der Waals surface area (Å²) in [4.78, 5) is 40.4. The molecule has 0 spiro atoms. The Kier molecular flexibility index (Phi) is 6.26. The van der Waals surface area contributed by atoms with Crippen LogP contribution in [0.3, 0.4) is 0 Å². The highest BCUT2D eigenvalue weighted by molar-refractivity contribution is 7.93. The molecule has 0 unspecified atom stereocenters. The van der Waals surface area contributed by atoms with Crippen molar-refractivity contribution in [2.75, 3.05) is 13.1 Å². The van der Waals surface area contributed by atoms with Crippen LogP contribution in [0.5, 0.6) is 0 Å². The van der Waals surface area contributed by atoms with Crippen LogP contribution in [0.15, 0.2) is 35.1 Å². The highest BCUT2D eigenvalue weighted by atomic mass is 32.2. The van der Waals surface area contributed by atoms with Crippen molar-refractivity contribution in [2.45, 2.75) is 68.5 Å². The number of nitrogens with one attached hydrogen (secondary N) is 1. The number of benzene rings is 1. The number of sulfone groups is 1. The maximum absolute atomic E-state index is 13.8.